The Balaban J connectivity index is 2.69. The topological polar surface area (TPSA) is 52.5 Å². The molecule has 0 radical (unpaired) electrons. The quantitative estimate of drug-likeness (QED) is 0.698. The maximum atomic E-state index is 9.63. The van der Waals surface area contributed by atoms with E-state index in [4.69, 9.17) is 0 Å². The van der Waals surface area contributed by atoms with Crippen molar-refractivity contribution >= 4 is 7.34 Å². The third-order valence-electron chi connectivity index (χ3n) is 3.92. The maximum Gasteiger partial charge on any atom is 0.123 e. The molecule has 0 aliphatic carbocycles. The van der Waals surface area contributed by atoms with Gasteiger partial charge in [-0.25, -0.2) is 0 Å². The van der Waals surface area contributed by atoms with Crippen LogP contribution in [0, 0.1) is 10.9 Å². The molecule has 0 saturated heterocycles. The predicted octanol–water partition coefficient (Wildman–Crippen LogP) is 3.07. The van der Waals surface area contributed by atoms with Crippen LogP contribution in [0.2, 0.25) is 0 Å². The number of rotatable bonds is 6. The summed E-state index contributed by atoms with van der Waals surface area (Å²) < 4.78 is 0. The van der Waals surface area contributed by atoms with Gasteiger partial charge in [-0.2, -0.15) is 0 Å². The van der Waals surface area contributed by atoms with Gasteiger partial charge in [0.1, 0.15) is 7.34 Å². The van der Waals surface area contributed by atoms with Crippen molar-refractivity contribution in [3.63, 3.8) is 0 Å². The lowest BCUT2D eigenvalue weighted by atomic mass is 9.96. The average Bonchev–Trinajstić information content (AvgIpc) is 3.03. The van der Waals surface area contributed by atoms with E-state index >= 15 is 0 Å². The molecule has 0 heterocycles. The molecule has 0 amide bonds. The summed E-state index contributed by atoms with van der Waals surface area (Å²) in [6, 6.07) is 2.81. The molecule has 3 atom stereocenters. The largest absolute Gasteiger partial charge is 0.353 e. The lowest BCUT2D eigenvalue weighted by Gasteiger charge is -2.28. The molecule has 1 rings (SSSR count). The van der Waals surface area contributed by atoms with Gasteiger partial charge in [0.05, 0.1) is 0 Å². The van der Waals surface area contributed by atoms with E-state index in [-0.39, 0.29) is 0 Å². The lowest BCUT2D eigenvalue weighted by Crippen LogP contribution is -2.41. The SMILES string of the molecule is CCC(NC(C)C(C)c1cc1=P(C)(O)O)C(C)C. The van der Waals surface area contributed by atoms with Crippen LogP contribution in [0.5, 0.6) is 0 Å². The van der Waals surface area contributed by atoms with Gasteiger partial charge in [0.15, 0.2) is 0 Å². The van der Waals surface area contributed by atoms with Gasteiger partial charge in [-0.3, -0.25) is 0 Å². The third-order valence-corrected chi connectivity index (χ3v) is 5.22. The van der Waals surface area contributed by atoms with E-state index in [0.717, 1.165) is 16.9 Å². The van der Waals surface area contributed by atoms with Crippen LogP contribution in [0.25, 0.3) is 0 Å². The fourth-order valence-corrected chi connectivity index (χ4v) is 3.45. The highest BCUT2D eigenvalue weighted by Crippen LogP contribution is 2.44. The van der Waals surface area contributed by atoms with E-state index in [2.05, 4.69) is 39.9 Å². The monoisotopic (exact) mass is 273 g/mol. The molecule has 3 nitrogen and oxygen atoms in total. The smallest absolute Gasteiger partial charge is 0.123 e. The highest BCUT2D eigenvalue weighted by molar-refractivity contribution is 7.55. The van der Waals surface area contributed by atoms with Gasteiger partial charge in [0, 0.05) is 23.7 Å². The van der Waals surface area contributed by atoms with E-state index in [1.807, 2.05) is 6.07 Å². The maximum absolute atomic E-state index is 9.63. The Bertz CT molecular complexity index is 418. The molecular weight excluding hydrogens is 245 g/mol. The molecule has 0 saturated carbocycles. The lowest BCUT2D eigenvalue weighted by molar-refractivity contribution is 0.333. The van der Waals surface area contributed by atoms with Gasteiger partial charge in [-0.1, -0.05) is 27.7 Å². The molecule has 1 aromatic carbocycles. The molecule has 106 valence electrons. The van der Waals surface area contributed by atoms with Crippen LogP contribution in [0.1, 0.15) is 52.5 Å². The van der Waals surface area contributed by atoms with Crippen molar-refractivity contribution < 1.29 is 9.79 Å². The third kappa shape index (κ3) is 3.96. The first-order valence-corrected chi connectivity index (χ1v) is 9.00. The summed E-state index contributed by atoms with van der Waals surface area (Å²) in [5.41, 5.74) is 1.13. The molecule has 1 aromatic rings. The van der Waals surface area contributed by atoms with E-state index in [1.54, 1.807) is 0 Å². The van der Waals surface area contributed by atoms with Crippen molar-refractivity contribution in [3.8, 4) is 0 Å². The second-order valence-corrected chi connectivity index (χ2v) is 8.21. The molecule has 0 fully saturated rings. The Morgan fingerprint density at radius 2 is 1.78 bits per heavy atom. The molecule has 4 heteroatoms. The van der Waals surface area contributed by atoms with Gasteiger partial charge in [0.25, 0.3) is 0 Å². The molecule has 3 unspecified atom stereocenters. The molecular formula is C14H28NO2P. The van der Waals surface area contributed by atoms with Gasteiger partial charge in [-0.15, -0.1) is 0 Å². The molecule has 0 aliphatic rings. The van der Waals surface area contributed by atoms with Crippen LogP contribution in [0.15, 0.2) is 6.07 Å². The van der Waals surface area contributed by atoms with E-state index in [9.17, 15) is 9.79 Å². The van der Waals surface area contributed by atoms with Gasteiger partial charge < -0.3 is 15.1 Å². The Labute approximate surface area is 111 Å². The minimum absolute atomic E-state index is 0.339. The predicted molar refractivity (Wildman–Crippen MR) is 79.3 cm³/mol. The molecule has 0 spiro atoms. The first kappa shape index (κ1) is 16.0. The first-order valence-electron chi connectivity index (χ1n) is 6.86. The molecule has 0 aromatic heterocycles. The van der Waals surface area contributed by atoms with Crippen molar-refractivity contribution in [3.05, 3.63) is 16.6 Å². The average molecular weight is 273 g/mol. The normalized spacial score (nSPS) is 18.3. The zero-order valence-electron chi connectivity index (χ0n) is 12.4. The highest BCUT2D eigenvalue weighted by atomic mass is 31.2. The van der Waals surface area contributed by atoms with E-state index < -0.39 is 7.34 Å². The molecule has 0 aliphatic heterocycles. The summed E-state index contributed by atoms with van der Waals surface area (Å²) in [6.45, 7) is 12.5. The summed E-state index contributed by atoms with van der Waals surface area (Å²) in [7, 11) is -2.79. The number of hydrogen-bond donors (Lipinski definition) is 3. The minimum atomic E-state index is -2.79. The number of nitrogens with one attached hydrogen (secondary N) is 1. The van der Waals surface area contributed by atoms with Gasteiger partial charge in [-0.05, 0) is 36.8 Å². The van der Waals surface area contributed by atoms with Crippen LogP contribution < -0.4 is 5.32 Å². The fraction of sp³-hybridized carbons (Fsp3) is 0.786. The molecule has 0 bridgehead atoms. The molecule has 3 N–H and O–H groups in total. The highest BCUT2D eigenvalue weighted by Gasteiger charge is 2.25. The van der Waals surface area contributed by atoms with E-state index in [0.29, 0.717) is 23.9 Å². The Morgan fingerprint density at radius 3 is 2.11 bits per heavy atom. The van der Waals surface area contributed by atoms with Crippen LogP contribution in [-0.4, -0.2) is 28.5 Å². The van der Waals surface area contributed by atoms with Crippen LogP contribution in [-0.2, 0) is 0 Å². The minimum Gasteiger partial charge on any atom is -0.353 e. The first-order chi connectivity index (χ1) is 8.18. The van der Waals surface area contributed by atoms with Gasteiger partial charge in [0.2, 0.25) is 0 Å². The second kappa shape index (κ2) is 5.92. The summed E-state index contributed by atoms with van der Waals surface area (Å²) in [5.74, 6) is 0.959. The van der Waals surface area contributed by atoms with Crippen molar-refractivity contribution in [2.24, 2.45) is 5.92 Å². The Kier molecular flexibility index (Phi) is 5.25. The Morgan fingerprint density at radius 1 is 1.22 bits per heavy atom. The second-order valence-electron chi connectivity index (χ2n) is 5.90. The summed E-state index contributed by atoms with van der Waals surface area (Å²) >= 11 is 0. The van der Waals surface area contributed by atoms with Crippen molar-refractivity contribution in [1.29, 1.82) is 0 Å². The van der Waals surface area contributed by atoms with Crippen molar-refractivity contribution in [1.82, 2.24) is 5.32 Å². The standard InChI is InChI=1S/C14H28NO2P/c1-7-13(9(2)3)15-11(5)10(4)12-8-14(12)18(6,16)17/h8-11,13,15-17H,7H2,1-6H3. The van der Waals surface area contributed by atoms with Crippen molar-refractivity contribution in [2.75, 3.05) is 6.66 Å². The van der Waals surface area contributed by atoms with Crippen LogP contribution >= 0.6 is 7.34 Å². The van der Waals surface area contributed by atoms with Crippen LogP contribution in [0.4, 0.5) is 0 Å². The zero-order chi connectivity index (χ0) is 14.1. The summed E-state index contributed by atoms with van der Waals surface area (Å²) in [4.78, 5) is 20.1. The van der Waals surface area contributed by atoms with Crippen molar-refractivity contribution in [2.45, 2.75) is 59.0 Å². The summed E-state index contributed by atoms with van der Waals surface area (Å²) in [5, 5.41) is 3.65. The number of hydrogen-bond acceptors (Lipinski definition) is 3. The van der Waals surface area contributed by atoms with Crippen LogP contribution in [0.3, 0.4) is 0 Å². The molecule has 18 heavy (non-hydrogen) atoms. The van der Waals surface area contributed by atoms with E-state index in [1.165, 1.54) is 6.66 Å². The summed E-state index contributed by atoms with van der Waals surface area (Å²) in [6.07, 6.45) is 1.12. The van der Waals surface area contributed by atoms with Gasteiger partial charge >= 0.3 is 0 Å². The Hall–Kier alpha value is -0.0800. The fourth-order valence-electron chi connectivity index (χ4n) is 2.38. The zero-order valence-corrected chi connectivity index (χ0v) is 13.3.